The van der Waals surface area contributed by atoms with E-state index in [4.69, 9.17) is 0 Å². The molecule has 1 unspecified atom stereocenters. The van der Waals surface area contributed by atoms with Gasteiger partial charge < -0.3 is 15.2 Å². The van der Waals surface area contributed by atoms with Gasteiger partial charge in [-0.15, -0.1) is 0 Å². The number of fused-ring (bicyclic) bond motifs is 1. The molecule has 1 aliphatic heterocycles. The van der Waals surface area contributed by atoms with Crippen molar-refractivity contribution in [3.8, 4) is 0 Å². The zero-order chi connectivity index (χ0) is 18.8. The summed E-state index contributed by atoms with van der Waals surface area (Å²) < 4.78 is 13.6. The minimum Gasteiger partial charge on any atom is -0.342 e. The lowest BCUT2D eigenvalue weighted by molar-refractivity contribution is -0.134. The lowest BCUT2D eigenvalue weighted by atomic mass is 10.0. The van der Waals surface area contributed by atoms with Crippen molar-refractivity contribution in [2.24, 2.45) is 0 Å². The highest BCUT2D eigenvalue weighted by Gasteiger charge is 2.27. The van der Waals surface area contributed by atoms with Gasteiger partial charge in [-0.05, 0) is 36.2 Å². The second-order valence-electron chi connectivity index (χ2n) is 7.02. The Kier molecular flexibility index (Phi) is 4.90. The summed E-state index contributed by atoms with van der Waals surface area (Å²) in [6, 6.07) is 12.4. The number of rotatable bonds is 4. The number of amides is 1. The van der Waals surface area contributed by atoms with Crippen LogP contribution in [0.15, 0.2) is 42.5 Å². The van der Waals surface area contributed by atoms with Gasteiger partial charge >= 0.3 is 0 Å². The van der Waals surface area contributed by atoms with Gasteiger partial charge in [-0.1, -0.05) is 24.3 Å². The Balaban J connectivity index is 1.47. The molecule has 1 aromatic heterocycles. The van der Waals surface area contributed by atoms with Crippen LogP contribution in [0.2, 0.25) is 0 Å². The Labute approximate surface area is 157 Å². The molecule has 140 valence electrons. The number of piperazine rings is 1. The third-order valence-corrected chi connectivity index (χ3v) is 5.14. The lowest BCUT2D eigenvalue weighted by Gasteiger charge is -2.36. The highest BCUT2D eigenvalue weighted by molar-refractivity contribution is 5.79. The average molecular weight is 366 g/mol. The molecule has 1 atom stereocenters. The highest BCUT2D eigenvalue weighted by Crippen LogP contribution is 2.24. The molecule has 2 N–H and O–H groups in total. The largest absolute Gasteiger partial charge is 0.342 e. The van der Waals surface area contributed by atoms with Crippen LogP contribution in [0.1, 0.15) is 29.4 Å². The van der Waals surface area contributed by atoms with Gasteiger partial charge in [-0.3, -0.25) is 4.79 Å². The number of para-hydroxylation sites is 1. The molecule has 27 heavy (non-hydrogen) atoms. The number of hydrogen-bond acceptors (Lipinski definition) is 3. The third-order valence-electron chi connectivity index (χ3n) is 5.14. The second-order valence-corrected chi connectivity index (χ2v) is 7.02. The summed E-state index contributed by atoms with van der Waals surface area (Å²) in [6.07, 6.45) is 0.942. The van der Waals surface area contributed by atoms with Gasteiger partial charge in [-0.25, -0.2) is 9.37 Å². The predicted octanol–water partition coefficient (Wildman–Crippen LogP) is 3.12. The predicted molar refractivity (Wildman–Crippen MR) is 103 cm³/mol. The first-order valence-electron chi connectivity index (χ1n) is 9.31. The zero-order valence-electron chi connectivity index (χ0n) is 15.3. The minimum absolute atomic E-state index is 0.0722. The van der Waals surface area contributed by atoms with Crippen molar-refractivity contribution in [1.29, 1.82) is 0 Å². The quantitative estimate of drug-likeness (QED) is 0.746. The van der Waals surface area contributed by atoms with Gasteiger partial charge in [0.15, 0.2) is 0 Å². The topological polar surface area (TPSA) is 61.0 Å². The van der Waals surface area contributed by atoms with Crippen molar-refractivity contribution in [2.45, 2.75) is 25.8 Å². The van der Waals surface area contributed by atoms with Crippen LogP contribution in [0.25, 0.3) is 11.0 Å². The summed E-state index contributed by atoms with van der Waals surface area (Å²) in [4.78, 5) is 22.7. The summed E-state index contributed by atoms with van der Waals surface area (Å²) in [7, 11) is 0. The summed E-state index contributed by atoms with van der Waals surface area (Å²) >= 11 is 0. The zero-order valence-corrected chi connectivity index (χ0v) is 15.3. The maximum Gasteiger partial charge on any atom is 0.223 e. The fourth-order valence-corrected chi connectivity index (χ4v) is 3.73. The van der Waals surface area contributed by atoms with Crippen LogP contribution in [-0.2, 0) is 11.2 Å². The first kappa shape index (κ1) is 17.7. The molecule has 5 nitrogen and oxygen atoms in total. The van der Waals surface area contributed by atoms with E-state index in [0.29, 0.717) is 25.9 Å². The molecule has 3 aromatic rings. The van der Waals surface area contributed by atoms with Crippen molar-refractivity contribution < 1.29 is 9.18 Å². The van der Waals surface area contributed by atoms with Crippen molar-refractivity contribution in [3.05, 3.63) is 65.2 Å². The maximum atomic E-state index is 13.6. The Morgan fingerprint density at radius 3 is 2.96 bits per heavy atom. The molecule has 0 saturated carbocycles. The van der Waals surface area contributed by atoms with E-state index in [0.717, 1.165) is 34.5 Å². The number of aromatic nitrogens is 2. The fourth-order valence-electron chi connectivity index (χ4n) is 3.73. The number of aryl methyl sites for hydroxylation is 2. The number of hydrogen-bond donors (Lipinski definition) is 2. The van der Waals surface area contributed by atoms with E-state index in [9.17, 15) is 9.18 Å². The molecule has 1 saturated heterocycles. The molecule has 1 fully saturated rings. The van der Waals surface area contributed by atoms with Crippen molar-refractivity contribution >= 4 is 16.9 Å². The standard InChI is InChI=1S/C21H23FN4O/c1-14-4-2-7-17-21(14)25-19(24-17)8-9-20(27)26-11-10-23-13-18(26)15-5-3-6-16(22)12-15/h2-7,12,18,23H,8-11,13H2,1H3,(H,24,25). The normalized spacial score (nSPS) is 17.4. The monoisotopic (exact) mass is 366 g/mol. The summed E-state index contributed by atoms with van der Waals surface area (Å²) in [5, 5.41) is 3.30. The molecule has 6 heteroatoms. The van der Waals surface area contributed by atoms with Gasteiger partial charge in [0.25, 0.3) is 0 Å². The first-order valence-corrected chi connectivity index (χ1v) is 9.31. The van der Waals surface area contributed by atoms with E-state index in [1.165, 1.54) is 12.1 Å². The Hall–Kier alpha value is -2.73. The number of nitrogens with one attached hydrogen (secondary N) is 2. The number of nitrogens with zero attached hydrogens (tertiary/aromatic N) is 2. The number of imidazole rings is 1. The van der Waals surface area contributed by atoms with Crippen LogP contribution in [0.4, 0.5) is 4.39 Å². The van der Waals surface area contributed by atoms with Gasteiger partial charge in [0.2, 0.25) is 5.91 Å². The van der Waals surface area contributed by atoms with Gasteiger partial charge in [0.05, 0.1) is 17.1 Å². The van der Waals surface area contributed by atoms with Crippen molar-refractivity contribution in [2.75, 3.05) is 19.6 Å². The minimum atomic E-state index is -0.275. The molecule has 0 bridgehead atoms. The third kappa shape index (κ3) is 3.71. The number of H-pyrrole nitrogens is 1. The van der Waals surface area contributed by atoms with E-state index >= 15 is 0 Å². The maximum absolute atomic E-state index is 13.6. The molecule has 0 radical (unpaired) electrons. The number of benzene rings is 2. The Morgan fingerprint density at radius 1 is 1.30 bits per heavy atom. The van der Waals surface area contributed by atoms with Gasteiger partial charge in [0.1, 0.15) is 11.6 Å². The molecule has 1 aliphatic rings. The summed E-state index contributed by atoms with van der Waals surface area (Å²) in [5.74, 6) is 0.621. The molecule has 0 spiro atoms. The molecule has 2 aromatic carbocycles. The second kappa shape index (κ2) is 7.48. The molecule has 0 aliphatic carbocycles. The van der Waals surface area contributed by atoms with E-state index < -0.39 is 0 Å². The molecule has 1 amide bonds. The molecule has 2 heterocycles. The number of aromatic amines is 1. The van der Waals surface area contributed by atoms with Crippen LogP contribution in [0.5, 0.6) is 0 Å². The smallest absolute Gasteiger partial charge is 0.223 e. The fraction of sp³-hybridized carbons (Fsp3) is 0.333. The van der Waals surface area contributed by atoms with Crippen molar-refractivity contribution in [3.63, 3.8) is 0 Å². The van der Waals surface area contributed by atoms with E-state index in [2.05, 4.69) is 15.3 Å². The van der Waals surface area contributed by atoms with E-state index in [1.54, 1.807) is 6.07 Å². The average Bonchev–Trinajstić information content (AvgIpc) is 3.11. The molecular weight excluding hydrogens is 343 g/mol. The Morgan fingerprint density at radius 2 is 2.15 bits per heavy atom. The number of carbonyl (C=O) groups excluding carboxylic acids is 1. The van der Waals surface area contributed by atoms with Crippen LogP contribution >= 0.6 is 0 Å². The highest BCUT2D eigenvalue weighted by atomic mass is 19.1. The summed E-state index contributed by atoms with van der Waals surface area (Å²) in [6.45, 7) is 4.04. The summed E-state index contributed by atoms with van der Waals surface area (Å²) in [5.41, 5.74) is 3.90. The SMILES string of the molecule is Cc1cccc2[nH]c(CCC(=O)N3CCNCC3c3cccc(F)c3)nc12. The van der Waals surface area contributed by atoms with Crippen LogP contribution in [0, 0.1) is 12.7 Å². The number of carbonyl (C=O) groups is 1. The van der Waals surface area contributed by atoms with E-state index in [-0.39, 0.29) is 17.8 Å². The first-order chi connectivity index (χ1) is 13.1. The van der Waals surface area contributed by atoms with E-state index in [1.807, 2.05) is 36.1 Å². The lowest BCUT2D eigenvalue weighted by Crippen LogP contribution is -2.48. The molecular formula is C21H23FN4O. The van der Waals surface area contributed by atoms with Crippen molar-refractivity contribution in [1.82, 2.24) is 20.2 Å². The van der Waals surface area contributed by atoms with Crippen LogP contribution in [0.3, 0.4) is 0 Å². The number of halogens is 1. The Bertz CT molecular complexity index is 968. The van der Waals surface area contributed by atoms with Gasteiger partial charge in [0, 0.05) is 32.5 Å². The van der Waals surface area contributed by atoms with Gasteiger partial charge in [-0.2, -0.15) is 0 Å². The van der Waals surface area contributed by atoms with Crippen LogP contribution < -0.4 is 5.32 Å². The van der Waals surface area contributed by atoms with Crippen LogP contribution in [-0.4, -0.2) is 40.4 Å². The molecule has 4 rings (SSSR count).